The van der Waals surface area contributed by atoms with Gasteiger partial charge in [-0.05, 0) is 35.0 Å². The summed E-state index contributed by atoms with van der Waals surface area (Å²) in [5.74, 6) is 0.717. The quantitative estimate of drug-likeness (QED) is 0.208. The van der Waals surface area contributed by atoms with Gasteiger partial charge < -0.3 is 4.42 Å². The van der Waals surface area contributed by atoms with Gasteiger partial charge in [0.1, 0.15) is 19.2 Å². The molecule has 5 heteroatoms. The molecule has 8 aromatic rings. The van der Waals surface area contributed by atoms with Crippen molar-refractivity contribution >= 4 is 62.3 Å². The highest BCUT2D eigenvalue weighted by atomic mass is 28.3. The first-order valence-corrected chi connectivity index (χ1v) is 17.0. The van der Waals surface area contributed by atoms with Crippen molar-refractivity contribution in [1.29, 1.82) is 0 Å². The van der Waals surface area contributed by atoms with E-state index in [0.29, 0.717) is 5.95 Å². The maximum Gasteiger partial charge on any atom is 0.235 e. The SMILES string of the molecule is C[Si]1(C)c2ccccc2-c2c(-c3ccccc3)nc(-n3c4ccccc4c4cc5oc6ccccc6c5cc43)nc21. The molecule has 0 amide bonds. The Morgan fingerprint density at radius 1 is 0.610 bits per heavy atom. The van der Waals surface area contributed by atoms with Gasteiger partial charge in [-0.2, -0.15) is 0 Å². The standard InChI is InChI=1S/C36H25N3OSi/c1-41(2)32-19-11-8-16-25(32)33-34(22-12-4-3-5-13-22)37-36(38-35(33)41)39-28-17-9-6-14-23(28)26-21-31-27(20-29(26)39)24-15-7-10-18-30(24)40-31/h3-21H,1-2H3. The lowest BCUT2D eigenvalue weighted by Gasteiger charge is -2.19. The summed E-state index contributed by atoms with van der Waals surface area (Å²) in [6, 6.07) is 40.6. The van der Waals surface area contributed by atoms with E-state index < -0.39 is 8.07 Å². The fraction of sp³-hybridized carbons (Fsp3) is 0.0556. The molecule has 0 atom stereocenters. The highest BCUT2D eigenvalue weighted by molar-refractivity contribution is 7.03. The molecule has 0 unspecified atom stereocenters. The fourth-order valence-corrected chi connectivity index (χ4v) is 9.74. The van der Waals surface area contributed by atoms with E-state index >= 15 is 0 Å². The monoisotopic (exact) mass is 543 g/mol. The van der Waals surface area contributed by atoms with Gasteiger partial charge >= 0.3 is 0 Å². The third-order valence-electron chi connectivity index (χ3n) is 8.78. The average Bonchev–Trinajstić information content (AvgIpc) is 3.62. The van der Waals surface area contributed by atoms with E-state index in [9.17, 15) is 0 Å². The lowest BCUT2D eigenvalue weighted by molar-refractivity contribution is 0.669. The number of para-hydroxylation sites is 2. The van der Waals surface area contributed by atoms with E-state index in [1.165, 1.54) is 21.6 Å². The van der Waals surface area contributed by atoms with Gasteiger partial charge in [0.05, 0.1) is 16.7 Å². The summed E-state index contributed by atoms with van der Waals surface area (Å²) < 4.78 is 8.55. The van der Waals surface area contributed by atoms with E-state index in [1.807, 2.05) is 12.1 Å². The molecule has 5 aromatic carbocycles. The minimum atomic E-state index is -2.07. The first kappa shape index (κ1) is 22.8. The van der Waals surface area contributed by atoms with Crippen LogP contribution >= 0.6 is 0 Å². The van der Waals surface area contributed by atoms with E-state index in [0.717, 1.165) is 55.0 Å². The van der Waals surface area contributed by atoms with Gasteiger partial charge in [-0.1, -0.05) is 104 Å². The largest absolute Gasteiger partial charge is 0.456 e. The van der Waals surface area contributed by atoms with E-state index in [-0.39, 0.29) is 0 Å². The van der Waals surface area contributed by atoms with Crippen molar-refractivity contribution in [3.05, 3.63) is 115 Å². The van der Waals surface area contributed by atoms with E-state index in [4.69, 9.17) is 14.4 Å². The molecule has 1 aliphatic heterocycles. The van der Waals surface area contributed by atoms with Crippen LogP contribution in [0.25, 0.3) is 72.1 Å². The summed E-state index contributed by atoms with van der Waals surface area (Å²) in [6.45, 7) is 4.83. The van der Waals surface area contributed by atoms with Gasteiger partial charge in [0.2, 0.25) is 5.95 Å². The molecule has 0 N–H and O–H groups in total. The number of fused-ring (bicyclic) bond motifs is 9. The molecule has 0 aliphatic carbocycles. The normalized spacial score (nSPS) is 13.8. The zero-order valence-electron chi connectivity index (χ0n) is 22.7. The molecule has 4 heterocycles. The molecule has 194 valence electrons. The van der Waals surface area contributed by atoms with Gasteiger partial charge in [0.15, 0.2) is 0 Å². The summed E-state index contributed by atoms with van der Waals surface area (Å²) in [5, 5.41) is 7.14. The Bertz CT molecular complexity index is 2350. The number of aromatic nitrogens is 3. The summed E-state index contributed by atoms with van der Waals surface area (Å²) in [5.41, 5.74) is 8.54. The fourth-order valence-electron chi connectivity index (χ4n) is 6.84. The number of furan rings is 1. The zero-order chi connectivity index (χ0) is 27.3. The first-order chi connectivity index (χ1) is 20.1. The van der Waals surface area contributed by atoms with Crippen molar-refractivity contribution in [3.8, 4) is 28.3 Å². The van der Waals surface area contributed by atoms with Crippen molar-refractivity contribution in [2.24, 2.45) is 0 Å². The van der Waals surface area contributed by atoms with Crippen LogP contribution < -0.4 is 10.5 Å². The second-order valence-electron chi connectivity index (χ2n) is 11.4. The number of hydrogen-bond donors (Lipinski definition) is 0. The molecule has 1 aliphatic rings. The van der Waals surface area contributed by atoms with E-state index in [2.05, 4.69) is 121 Å². The highest BCUT2D eigenvalue weighted by Gasteiger charge is 2.41. The second-order valence-corrected chi connectivity index (χ2v) is 15.7. The highest BCUT2D eigenvalue weighted by Crippen LogP contribution is 2.39. The third-order valence-corrected chi connectivity index (χ3v) is 12.1. The predicted octanol–water partition coefficient (Wildman–Crippen LogP) is 7.94. The van der Waals surface area contributed by atoms with Gasteiger partial charge in [-0.25, -0.2) is 9.97 Å². The molecule has 41 heavy (non-hydrogen) atoms. The molecular formula is C36H25N3OSi. The second kappa shape index (κ2) is 8.02. The topological polar surface area (TPSA) is 43.9 Å². The number of rotatable bonds is 2. The molecule has 0 saturated heterocycles. The maximum absolute atomic E-state index is 6.29. The number of hydrogen-bond acceptors (Lipinski definition) is 3. The van der Waals surface area contributed by atoms with Crippen LogP contribution in [0.2, 0.25) is 13.1 Å². The smallest absolute Gasteiger partial charge is 0.235 e. The Labute approximate surface area is 237 Å². The van der Waals surface area contributed by atoms with Crippen LogP contribution in [0.4, 0.5) is 0 Å². The van der Waals surface area contributed by atoms with Crippen LogP contribution in [0.3, 0.4) is 0 Å². The summed E-state index contributed by atoms with van der Waals surface area (Å²) in [7, 11) is -2.07. The van der Waals surface area contributed by atoms with Crippen LogP contribution in [0, 0.1) is 0 Å². The van der Waals surface area contributed by atoms with Gasteiger partial charge in [-0.3, -0.25) is 4.57 Å². The molecule has 0 bridgehead atoms. The molecule has 4 nitrogen and oxygen atoms in total. The molecule has 0 fully saturated rings. The van der Waals surface area contributed by atoms with Crippen LogP contribution in [0.15, 0.2) is 120 Å². The molecular weight excluding hydrogens is 519 g/mol. The maximum atomic E-state index is 6.29. The van der Waals surface area contributed by atoms with Crippen molar-refractivity contribution < 1.29 is 4.42 Å². The first-order valence-electron chi connectivity index (χ1n) is 14.0. The third kappa shape index (κ3) is 3.04. The Hall–Kier alpha value is -5.00. The molecule has 0 spiro atoms. The van der Waals surface area contributed by atoms with E-state index in [1.54, 1.807) is 0 Å². The van der Waals surface area contributed by atoms with Crippen LogP contribution in [-0.4, -0.2) is 22.6 Å². The number of nitrogens with zero attached hydrogens (tertiary/aromatic N) is 3. The average molecular weight is 544 g/mol. The Morgan fingerprint density at radius 3 is 2.22 bits per heavy atom. The molecule has 0 saturated carbocycles. The van der Waals surface area contributed by atoms with Crippen molar-refractivity contribution in [2.75, 3.05) is 0 Å². The minimum Gasteiger partial charge on any atom is -0.456 e. The lowest BCUT2D eigenvalue weighted by atomic mass is 10.0. The molecule has 9 rings (SSSR count). The van der Waals surface area contributed by atoms with Gasteiger partial charge in [0.25, 0.3) is 0 Å². The molecule has 0 radical (unpaired) electrons. The summed E-state index contributed by atoms with van der Waals surface area (Å²) in [4.78, 5) is 10.9. The number of benzene rings is 5. The predicted molar refractivity (Wildman–Crippen MR) is 171 cm³/mol. The van der Waals surface area contributed by atoms with Crippen LogP contribution in [0.5, 0.6) is 0 Å². The zero-order valence-corrected chi connectivity index (χ0v) is 23.7. The Balaban J connectivity index is 1.43. The van der Waals surface area contributed by atoms with Crippen LogP contribution in [-0.2, 0) is 0 Å². The van der Waals surface area contributed by atoms with Crippen LogP contribution in [0.1, 0.15) is 0 Å². The van der Waals surface area contributed by atoms with Gasteiger partial charge in [0, 0.05) is 38.0 Å². The summed E-state index contributed by atoms with van der Waals surface area (Å²) in [6.07, 6.45) is 0. The van der Waals surface area contributed by atoms with Crippen molar-refractivity contribution in [2.45, 2.75) is 13.1 Å². The Morgan fingerprint density at radius 2 is 1.34 bits per heavy atom. The van der Waals surface area contributed by atoms with Gasteiger partial charge in [-0.15, -0.1) is 0 Å². The Kier molecular flexibility index (Phi) is 4.46. The van der Waals surface area contributed by atoms with Crippen molar-refractivity contribution in [3.63, 3.8) is 0 Å². The lowest BCUT2D eigenvalue weighted by Crippen LogP contribution is -2.51. The molecule has 3 aromatic heterocycles. The summed E-state index contributed by atoms with van der Waals surface area (Å²) >= 11 is 0. The van der Waals surface area contributed by atoms with Crippen molar-refractivity contribution in [1.82, 2.24) is 14.5 Å². The minimum absolute atomic E-state index is 0.717.